The molecule has 1 fully saturated rings. The van der Waals surface area contributed by atoms with Gasteiger partial charge in [0, 0.05) is 13.1 Å². The Balaban J connectivity index is 2.33. The van der Waals surface area contributed by atoms with Crippen molar-refractivity contribution >= 4 is 0 Å². The maximum Gasteiger partial charge on any atom is 0.0954 e. The van der Waals surface area contributed by atoms with Gasteiger partial charge in [0.1, 0.15) is 0 Å². The van der Waals surface area contributed by atoms with Crippen LogP contribution in [0.5, 0.6) is 0 Å². The van der Waals surface area contributed by atoms with Gasteiger partial charge in [-0.1, -0.05) is 17.7 Å². The van der Waals surface area contributed by atoms with Crippen LogP contribution in [-0.2, 0) is 4.74 Å². The minimum Gasteiger partial charge on any atom is -0.371 e. The van der Waals surface area contributed by atoms with Gasteiger partial charge in [-0.15, -0.1) is 0 Å². The van der Waals surface area contributed by atoms with Crippen molar-refractivity contribution in [3.05, 3.63) is 34.4 Å². The molecule has 1 saturated heterocycles. The molecule has 0 spiro atoms. The predicted octanol–water partition coefficient (Wildman–Crippen LogP) is 2.27. The zero-order valence-corrected chi connectivity index (χ0v) is 9.76. The second kappa shape index (κ2) is 4.33. The van der Waals surface area contributed by atoms with Crippen molar-refractivity contribution in [2.24, 2.45) is 0 Å². The molecule has 0 amide bonds. The first kappa shape index (κ1) is 10.7. The summed E-state index contributed by atoms with van der Waals surface area (Å²) < 4.78 is 5.80. The van der Waals surface area contributed by atoms with E-state index in [1.165, 1.54) is 22.3 Å². The number of nitrogens with one attached hydrogen (secondary N) is 1. The molecular weight excluding hydrogens is 186 g/mol. The summed E-state index contributed by atoms with van der Waals surface area (Å²) in [7, 11) is 0. The number of benzene rings is 1. The Labute approximate surface area is 91.6 Å². The molecule has 1 heterocycles. The van der Waals surface area contributed by atoms with Crippen molar-refractivity contribution in [1.82, 2.24) is 5.32 Å². The van der Waals surface area contributed by atoms with E-state index in [4.69, 9.17) is 4.74 Å². The molecule has 2 rings (SSSR count). The lowest BCUT2D eigenvalue weighted by Gasteiger charge is -2.27. The van der Waals surface area contributed by atoms with Crippen LogP contribution in [-0.4, -0.2) is 19.7 Å². The first-order chi connectivity index (χ1) is 7.18. The van der Waals surface area contributed by atoms with Gasteiger partial charge >= 0.3 is 0 Å². The van der Waals surface area contributed by atoms with E-state index in [9.17, 15) is 0 Å². The number of ether oxygens (including phenoxy) is 1. The summed E-state index contributed by atoms with van der Waals surface area (Å²) >= 11 is 0. The van der Waals surface area contributed by atoms with Crippen LogP contribution < -0.4 is 5.32 Å². The van der Waals surface area contributed by atoms with Crippen molar-refractivity contribution in [3.8, 4) is 0 Å². The lowest BCUT2D eigenvalue weighted by molar-refractivity contribution is 0.0269. The fourth-order valence-electron chi connectivity index (χ4n) is 2.45. The van der Waals surface area contributed by atoms with Gasteiger partial charge < -0.3 is 10.1 Å². The molecule has 1 aromatic carbocycles. The van der Waals surface area contributed by atoms with Crippen LogP contribution in [0.1, 0.15) is 28.4 Å². The highest BCUT2D eigenvalue weighted by Crippen LogP contribution is 2.26. The van der Waals surface area contributed by atoms with Gasteiger partial charge in [-0.3, -0.25) is 0 Å². The Bertz CT molecular complexity index is 331. The third-order valence-electron chi connectivity index (χ3n) is 2.99. The number of hydrogen-bond donors (Lipinski definition) is 1. The molecule has 1 N–H and O–H groups in total. The van der Waals surface area contributed by atoms with Gasteiger partial charge in [0.2, 0.25) is 0 Å². The predicted molar refractivity (Wildman–Crippen MR) is 62.2 cm³/mol. The van der Waals surface area contributed by atoms with Crippen molar-refractivity contribution < 1.29 is 4.74 Å². The maximum absolute atomic E-state index is 5.80. The molecule has 0 aromatic heterocycles. The average molecular weight is 205 g/mol. The van der Waals surface area contributed by atoms with Crippen LogP contribution in [0.25, 0.3) is 0 Å². The Kier molecular flexibility index (Phi) is 3.08. The number of rotatable bonds is 1. The zero-order valence-electron chi connectivity index (χ0n) is 9.76. The third kappa shape index (κ3) is 2.21. The summed E-state index contributed by atoms with van der Waals surface area (Å²) in [5, 5.41) is 3.38. The lowest BCUT2D eigenvalue weighted by Crippen LogP contribution is -2.34. The van der Waals surface area contributed by atoms with Crippen molar-refractivity contribution in [1.29, 1.82) is 0 Å². The van der Waals surface area contributed by atoms with Gasteiger partial charge in [-0.25, -0.2) is 0 Å². The summed E-state index contributed by atoms with van der Waals surface area (Å²) in [6, 6.07) is 4.47. The van der Waals surface area contributed by atoms with E-state index >= 15 is 0 Å². The molecular formula is C13H19NO. The molecule has 1 atom stereocenters. The van der Waals surface area contributed by atoms with Crippen LogP contribution in [0.2, 0.25) is 0 Å². The first-order valence-corrected chi connectivity index (χ1v) is 5.58. The molecule has 0 bridgehead atoms. The number of morpholine rings is 1. The van der Waals surface area contributed by atoms with Gasteiger partial charge in [-0.05, 0) is 37.5 Å². The summed E-state index contributed by atoms with van der Waals surface area (Å²) in [6.45, 7) is 9.22. The van der Waals surface area contributed by atoms with Crippen LogP contribution in [0, 0.1) is 20.8 Å². The molecule has 0 radical (unpaired) electrons. The van der Waals surface area contributed by atoms with Crippen LogP contribution >= 0.6 is 0 Å². The Morgan fingerprint density at radius 1 is 1.20 bits per heavy atom. The van der Waals surface area contributed by atoms with Crippen molar-refractivity contribution in [2.45, 2.75) is 26.9 Å². The Morgan fingerprint density at radius 2 is 1.87 bits per heavy atom. The van der Waals surface area contributed by atoms with Crippen molar-refractivity contribution in [3.63, 3.8) is 0 Å². The van der Waals surface area contributed by atoms with Crippen LogP contribution in [0.15, 0.2) is 12.1 Å². The summed E-state index contributed by atoms with van der Waals surface area (Å²) in [6.07, 6.45) is 0.236. The standard InChI is InChI=1S/C13H19NO/c1-9-6-10(2)13(11(3)7-9)12-8-14-4-5-15-12/h6-7,12,14H,4-5,8H2,1-3H3. The second-order valence-corrected chi connectivity index (χ2v) is 4.38. The summed E-state index contributed by atoms with van der Waals surface area (Å²) in [5.74, 6) is 0. The SMILES string of the molecule is Cc1cc(C)c(C2CNCCO2)c(C)c1. The Morgan fingerprint density at radius 3 is 2.40 bits per heavy atom. The lowest BCUT2D eigenvalue weighted by atomic mass is 9.95. The number of aryl methyl sites for hydroxylation is 3. The molecule has 1 aromatic rings. The quantitative estimate of drug-likeness (QED) is 0.759. The van der Waals surface area contributed by atoms with Crippen LogP contribution in [0.4, 0.5) is 0 Å². The highest BCUT2D eigenvalue weighted by atomic mass is 16.5. The van der Waals surface area contributed by atoms with E-state index in [2.05, 4.69) is 38.2 Å². The van der Waals surface area contributed by atoms with Gasteiger partial charge in [0.25, 0.3) is 0 Å². The molecule has 0 saturated carbocycles. The number of hydrogen-bond acceptors (Lipinski definition) is 2. The topological polar surface area (TPSA) is 21.3 Å². The molecule has 82 valence electrons. The normalized spacial score (nSPS) is 21.7. The van der Waals surface area contributed by atoms with E-state index < -0.39 is 0 Å². The highest BCUT2D eigenvalue weighted by molar-refractivity contribution is 5.39. The third-order valence-corrected chi connectivity index (χ3v) is 2.99. The smallest absolute Gasteiger partial charge is 0.0954 e. The summed E-state index contributed by atoms with van der Waals surface area (Å²) in [4.78, 5) is 0. The van der Waals surface area contributed by atoms with Gasteiger partial charge in [0.05, 0.1) is 12.7 Å². The maximum atomic E-state index is 5.80. The molecule has 1 aliphatic heterocycles. The monoisotopic (exact) mass is 205 g/mol. The van der Waals surface area contributed by atoms with E-state index in [0.29, 0.717) is 0 Å². The minimum atomic E-state index is 0.236. The zero-order chi connectivity index (χ0) is 10.8. The molecule has 1 unspecified atom stereocenters. The van der Waals surface area contributed by atoms with Crippen molar-refractivity contribution in [2.75, 3.05) is 19.7 Å². The fraction of sp³-hybridized carbons (Fsp3) is 0.538. The molecule has 1 aliphatic rings. The van der Waals surface area contributed by atoms with Gasteiger partial charge in [-0.2, -0.15) is 0 Å². The Hall–Kier alpha value is -0.860. The molecule has 2 heteroatoms. The molecule has 0 aliphatic carbocycles. The summed E-state index contributed by atoms with van der Waals surface area (Å²) in [5.41, 5.74) is 5.40. The molecule has 2 nitrogen and oxygen atoms in total. The van der Waals surface area contributed by atoms with E-state index in [1.807, 2.05) is 0 Å². The van der Waals surface area contributed by atoms with Crippen LogP contribution in [0.3, 0.4) is 0 Å². The first-order valence-electron chi connectivity index (χ1n) is 5.58. The van der Waals surface area contributed by atoms with E-state index in [1.54, 1.807) is 0 Å². The highest BCUT2D eigenvalue weighted by Gasteiger charge is 2.19. The fourth-order valence-corrected chi connectivity index (χ4v) is 2.45. The van der Waals surface area contributed by atoms with Gasteiger partial charge in [0.15, 0.2) is 0 Å². The van der Waals surface area contributed by atoms with E-state index in [0.717, 1.165) is 19.7 Å². The average Bonchev–Trinajstić information content (AvgIpc) is 2.17. The largest absolute Gasteiger partial charge is 0.371 e. The van der Waals surface area contributed by atoms with E-state index in [-0.39, 0.29) is 6.10 Å². The molecule has 15 heavy (non-hydrogen) atoms. The second-order valence-electron chi connectivity index (χ2n) is 4.38. The minimum absolute atomic E-state index is 0.236.